The number of ether oxygens (including phenoxy) is 1. The van der Waals surface area contributed by atoms with Crippen molar-refractivity contribution in [1.82, 2.24) is 0 Å². The van der Waals surface area contributed by atoms with Crippen molar-refractivity contribution in [2.45, 2.75) is 26.9 Å². The van der Waals surface area contributed by atoms with Crippen molar-refractivity contribution in [2.75, 3.05) is 6.61 Å². The van der Waals surface area contributed by atoms with E-state index in [9.17, 15) is 13.5 Å². The van der Waals surface area contributed by atoms with Gasteiger partial charge in [-0.05, 0) is 0 Å². The van der Waals surface area contributed by atoms with Crippen LogP contribution in [0.1, 0.15) is 6.92 Å². The standard InChI is InChI=1S/C11H17NO4STe/c1-2-18-8-9(13)7-16-10-3-5-11(6-4-10)17(12,14)15/h3-6,9,13H,2,7-8H2,1H3,(H2,12,14,15). The van der Waals surface area contributed by atoms with E-state index in [0.717, 1.165) is 8.94 Å². The van der Waals surface area contributed by atoms with Crippen molar-refractivity contribution >= 4 is 30.9 Å². The Labute approximate surface area is 117 Å². The van der Waals surface area contributed by atoms with E-state index in [4.69, 9.17) is 9.88 Å². The van der Waals surface area contributed by atoms with Gasteiger partial charge in [0.2, 0.25) is 0 Å². The summed E-state index contributed by atoms with van der Waals surface area (Å²) in [7, 11) is -3.66. The fourth-order valence-electron chi connectivity index (χ4n) is 1.22. The first-order valence-corrected chi connectivity index (χ1v) is 10.3. The number of hydrogen-bond acceptors (Lipinski definition) is 4. The normalized spacial score (nSPS) is 13.3. The van der Waals surface area contributed by atoms with Gasteiger partial charge in [0.1, 0.15) is 0 Å². The molecule has 5 nitrogen and oxygen atoms in total. The first-order valence-electron chi connectivity index (χ1n) is 5.45. The van der Waals surface area contributed by atoms with Gasteiger partial charge in [-0.1, -0.05) is 0 Å². The summed E-state index contributed by atoms with van der Waals surface area (Å²) in [4.78, 5) is 0.0494. The molecule has 0 aliphatic rings. The second-order valence-corrected chi connectivity index (χ2v) is 8.97. The molecular formula is C11H17NO4STe. The Kier molecular flexibility index (Phi) is 6.39. The van der Waals surface area contributed by atoms with Crippen molar-refractivity contribution in [1.29, 1.82) is 0 Å². The van der Waals surface area contributed by atoms with Crippen molar-refractivity contribution in [3.63, 3.8) is 0 Å². The monoisotopic (exact) mass is 389 g/mol. The van der Waals surface area contributed by atoms with Crippen molar-refractivity contribution in [2.24, 2.45) is 5.14 Å². The Hall–Kier alpha value is -0.320. The molecule has 1 atom stereocenters. The average Bonchev–Trinajstić information content (AvgIpc) is 2.33. The molecular weight excluding hydrogens is 370 g/mol. The van der Waals surface area contributed by atoms with Crippen molar-refractivity contribution in [3.8, 4) is 5.75 Å². The zero-order valence-corrected chi connectivity index (χ0v) is 13.2. The zero-order chi connectivity index (χ0) is 13.6. The number of primary sulfonamides is 1. The Bertz CT molecular complexity index is 460. The Balaban J connectivity index is 2.49. The fraction of sp³-hybridized carbons (Fsp3) is 0.455. The van der Waals surface area contributed by atoms with Crippen LogP contribution in [-0.4, -0.2) is 47.2 Å². The molecule has 0 fully saturated rings. The number of aliphatic hydroxyl groups excluding tert-OH is 1. The predicted octanol–water partition coefficient (Wildman–Crippen LogP) is 0.634. The van der Waals surface area contributed by atoms with Gasteiger partial charge in [-0.25, -0.2) is 0 Å². The van der Waals surface area contributed by atoms with Gasteiger partial charge < -0.3 is 0 Å². The van der Waals surface area contributed by atoms with Gasteiger partial charge in [-0.2, -0.15) is 0 Å². The van der Waals surface area contributed by atoms with Gasteiger partial charge in [-0.15, -0.1) is 0 Å². The van der Waals surface area contributed by atoms with E-state index in [1.165, 1.54) is 24.3 Å². The van der Waals surface area contributed by atoms with Crippen molar-refractivity contribution < 1.29 is 18.3 Å². The number of nitrogens with two attached hydrogens (primary N) is 1. The van der Waals surface area contributed by atoms with E-state index in [2.05, 4.69) is 6.92 Å². The average molecular weight is 387 g/mol. The van der Waals surface area contributed by atoms with Crippen LogP contribution in [0.3, 0.4) is 0 Å². The fourth-order valence-corrected chi connectivity index (χ4v) is 3.46. The second kappa shape index (κ2) is 7.31. The zero-order valence-electron chi connectivity index (χ0n) is 10.1. The van der Waals surface area contributed by atoms with Crippen LogP contribution in [0, 0.1) is 0 Å². The number of hydrogen-bond donors (Lipinski definition) is 2. The predicted molar refractivity (Wildman–Crippen MR) is 70.4 cm³/mol. The van der Waals surface area contributed by atoms with Crippen LogP contribution in [0.25, 0.3) is 0 Å². The molecule has 7 heteroatoms. The first kappa shape index (κ1) is 15.7. The Morgan fingerprint density at radius 3 is 2.50 bits per heavy atom. The van der Waals surface area contributed by atoms with Gasteiger partial charge in [0.25, 0.3) is 0 Å². The van der Waals surface area contributed by atoms with Crippen LogP contribution in [0.2, 0.25) is 8.94 Å². The van der Waals surface area contributed by atoms with E-state index in [0.29, 0.717) is 5.75 Å². The number of aliphatic hydroxyl groups is 1. The molecule has 0 saturated carbocycles. The maximum atomic E-state index is 11.0. The molecule has 3 N–H and O–H groups in total. The summed E-state index contributed by atoms with van der Waals surface area (Å²) in [5, 5.41) is 14.6. The number of benzene rings is 1. The molecule has 0 aliphatic carbocycles. The molecule has 1 rings (SSSR count). The second-order valence-electron chi connectivity index (χ2n) is 3.64. The maximum absolute atomic E-state index is 11.0. The molecule has 1 aromatic carbocycles. The Morgan fingerprint density at radius 1 is 1.39 bits per heavy atom. The molecule has 0 heterocycles. The van der Waals surface area contributed by atoms with Gasteiger partial charge >= 0.3 is 118 Å². The molecule has 1 aromatic rings. The third-order valence-electron chi connectivity index (χ3n) is 2.11. The molecule has 0 radical (unpaired) electrons. The number of sulfonamides is 1. The summed E-state index contributed by atoms with van der Waals surface area (Å²) in [5.41, 5.74) is 0. The van der Waals surface area contributed by atoms with Crippen LogP contribution in [0.15, 0.2) is 29.2 Å². The summed E-state index contributed by atoms with van der Waals surface area (Å²) in [6.07, 6.45) is -0.440. The van der Waals surface area contributed by atoms with Crippen LogP contribution >= 0.6 is 0 Å². The minimum absolute atomic E-state index is 0.0494. The van der Waals surface area contributed by atoms with Crippen LogP contribution in [-0.2, 0) is 10.0 Å². The van der Waals surface area contributed by atoms with Gasteiger partial charge in [0.05, 0.1) is 0 Å². The Morgan fingerprint density at radius 2 is 2.00 bits per heavy atom. The SMILES string of the molecule is CC[Te]CC(O)COc1ccc(S(N)(=O)=O)cc1. The van der Waals surface area contributed by atoms with Gasteiger partial charge in [0, 0.05) is 0 Å². The summed E-state index contributed by atoms with van der Waals surface area (Å²) in [5.74, 6) is 0.526. The molecule has 0 amide bonds. The van der Waals surface area contributed by atoms with Crippen LogP contribution in [0.5, 0.6) is 5.75 Å². The molecule has 1 unspecified atom stereocenters. The van der Waals surface area contributed by atoms with E-state index in [-0.39, 0.29) is 32.4 Å². The third-order valence-corrected chi connectivity index (χ3v) is 5.97. The molecule has 18 heavy (non-hydrogen) atoms. The van der Waals surface area contributed by atoms with E-state index in [1.54, 1.807) is 0 Å². The third kappa shape index (κ3) is 5.55. The van der Waals surface area contributed by atoms with E-state index in [1.807, 2.05) is 0 Å². The molecule has 0 spiro atoms. The summed E-state index contributed by atoms with van der Waals surface area (Å²) in [6.45, 7) is 2.35. The van der Waals surface area contributed by atoms with Crippen LogP contribution < -0.4 is 9.88 Å². The molecule has 102 valence electrons. The van der Waals surface area contributed by atoms with Gasteiger partial charge in [0.15, 0.2) is 0 Å². The van der Waals surface area contributed by atoms with Crippen LogP contribution in [0.4, 0.5) is 0 Å². The molecule has 0 saturated heterocycles. The number of rotatable bonds is 7. The summed E-state index contributed by atoms with van der Waals surface area (Å²) >= 11 is -0.105. The molecule has 0 aliphatic heterocycles. The first-order chi connectivity index (χ1) is 8.43. The molecule has 0 aromatic heterocycles. The van der Waals surface area contributed by atoms with E-state index < -0.39 is 16.1 Å². The summed E-state index contributed by atoms with van der Waals surface area (Å²) in [6, 6.07) is 5.83. The van der Waals surface area contributed by atoms with Crippen molar-refractivity contribution in [3.05, 3.63) is 24.3 Å². The molecule has 0 bridgehead atoms. The van der Waals surface area contributed by atoms with E-state index >= 15 is 0 Å². The quantitative estimate of drug-likeness (QED) is 0.673. The van der Waals surface area contributed by atoms with Gasteiger partial charge in [-0.3, -0.25) is 0 Å². The minimum atomic E-state index is -3.66. The summed E-state index contributed by atoms with van der Waals surface area (Å²) < 4.78 is 29.4. The topological polar surface area (TPSA) is 89.6 Å².